The molecule has 0 spiro atoms. The fourth-order valence-electron chi connectivity index (χ4n) is 1.54. The van der Waals surface area contributed by atoms with Gasteiger partial charge in [-0.2, -0.15) is 0 Å². The monoisotopic (exact) mass is 349 g/mol. The van der Waals surface area contributed by atoms with Gasteiger partial charge in [-0.3, -0.25) is 0 Å². The Kier molecular flexibility index (Phi) is 4.93. The SMILES string of the molecule is CCCNc1nc(C2COCCO2)ncc1I. The maximum atomic E-state index is 5.58. The molecule has 1 aliphatic rings. The van der Waals surface area contributed by atoms with Gasteiger partial charge in [0.1, 0.15) is 11.9 Å². The highest BCUT2D eigenvalue weighted by Gasteiger charge is 2.20. The zero-order valence-electron chi connectivity index (χ0n) is 9.78. The summed E-state index contributed by atoms with van der Waals surface area (Å²) in [5.74, 6) is 1.58. The Morgan fingerprint density at radius 2 is 2.41 bits per heavy atom. The van der Waals surface area contributed by atoms with Crippen LogP contribution in [0, 0.1) is 3.57 Å². The number of nitrogens with zero attached hydrogens (tertiary/aromatic N) is 2. The lowest BCUT2D eigenvalue weighted by Gasteiger charge is -2.22. The normalized spacial score (nSPS) is 20.2. The van der Waals surface area contributed by atoms with E-state index in [0.717, 1.165) is 22.4 Å². The van der Waals surface area contributed by atoms with Crippen molar-refractivity contribution in [1.82, 2.24) is 9.97 Å². The Labute approximate surface area is 114 Å². The second-order valence-electron chi connectivity index (χ2n) is 3.79. The van der Waals surface area contributed by atoms with E-state index in [9.17, 15) is 0 Å². The molecular weight excluding hydrogens is 333 g/mol. The Morgan fingerprint density at radius 1 is 1.53 bits per heavy atom. The average molecular weight is 349 g/mol. The molecule has 1 unspecified atom stereocenters. The minimum atomic E-state index is -0.136. The predicted molar refractivity (Wildman–Crippen MR) is 73.0 cm³/mol. The van der Waals surface area contributed by atoms with Gasteiger partial charge in [-0.1, -0.05) is 6.92 Å². The van der Waals surface area contributed by atoms with Crippen molar-refractivity contribution < 1.29 is 9.47 Å². The second kappa shape index (κ2) is 6.46. The molecular formula is C11H16IN3O2. The standard InChI is InChI=1S/C11H16IN3O2/c1-2-3-13-10-8(12)6-14-11(15-10)9-7-16-4-5-17-9/h6,9H,2-5,7H2,1H3,(H,13,14,15). The van der Waals surface area contributed by atoms with Gasteiger partial charge < -0.3 is 14.8 Å². The number of ether oxygens (including phenoxy) is 2. The van der Waals surface area contributed by atoms with Gasteiger partial charge in [-0.15, -0.1) is 0 Å². The van der Waals surface area contributed by atoms with E-state index in [1.54, 1.807) is 0 Å². The molecule has 5 nitrogen and oxygen atoms in total. The van der Waals surface area contributed by atoms with Crippen molar-refractivity contribution in [2.75, 3.05) is 31.7 Å². The van der Waals surface area contributed by atoms with Gasteiger partial charge in [0.05, 0.1) is 23.4 Å². The molecule has 1 saturated heterocycles. The number of halogens is 1. The average Bonchev–Trinajstić information content (AvgIpc) is 2.39. The third kappa shape index (κ3) is 3.49. The van der Waals surface area contributed by atoms with Crippen LogP contribution >= 0.6 is 22.6 Å². The van der Waals surface area contributed by atoms with Gasteiger partial charge in [-0.25, -0.2) is 9.97 Å². The van der Waals surface area contributed by atoms with Crippen molar-refractivity contribution in [3.8, 4) is 0 Å². The number of rotatable bonds is 4. The molecule has 0 radical (unpaired) electrons. The first-order valence-corrected chi connectivity index (χ1v) is 6.84. The first kappa shape index (κ1) is 13.0. The maximum Gasteiger partial charge on any atom is 0.161 e. The van der Waals surface area contributed by atoms with Gasteiger partial charge in [0, 0.05) is 12.7 Å². The lowest BCUT2D eigenvalue weighted by molar-refractivity contribution is -0.0935. The van der Waals surface area contributed by atoms with Gasteiger partial charge in [0.15, 0.2) is 5.82 Å². The smallest absolute Gasteiger partial charge is 0.161 e. The van der Waals surface area contributed by atoms with Crippen molar-refractivity contribution in [2.45, 2.75) is 19.4 Å². The predicted octanol–water partition coefficient (Wildman–Crippen LogP) is 1.99. The van der Waals surface area contributed by atoms with Crippen LogP contribution in [0.5, 0.6) is 0 Å². The molecule has 2 rings (SSSR count). The maximum absolute atomic E-state index is 5.58. The van der Waals surface area contributed by atoms with Gasteiger partial charge >= 0.3 is 0 Å². The molecule has 2 heterocycles. The summed E-state index contributed by atoms with van der Waals surface area (Å²) in [4.78, 5) is 8.81. The number of nitrogens with one attached hydrogen (secondary N) is 1. The van der Waals surface area contributed by atoms with Crippen molar-refractivity contribution in [3.05, 3.63) is 15.6 Å². The first-order chi connectivity index (χ1) is 8.31. The van der Waals surface area contributed by atoms with E-state index in [-0.39, 0.29) is 6.10 Å². The Morgan fingerprint density at radius 3 is 3.12 bits per heavy atom. The van der Waals surface area contributed by atoms with Crippen LogP contribution in [0.4, 0.5) is 5.82 Å². The molecule has 0 bridgehead atoms. The van der Waals surface area contributed by atoms with E-state index in [1.165, 1.54) is 0 Å². The number of aromatic nitrogens is 2. The Balaban J connectivity index is 2.11. The zero-order valence-corrected chi connectivity index (χ0v) is 11.9. The van der Waals surface area contributed by atoms with Crippen LogP contribution in [0.25, 0.3) is 0 Å². The second-order valence-corrected chi connectivity index (χ2v) is 4.95. The van der Waals surface area contributed by atoms with Crippen LogP contribution in [-0.4, -0.2) is 36.3 Å². The lowest BCUT2D eigenvalue weighted by Crippen LogP contribution is -2.24. The molecule has 1 aromatic rings. The van der Waals surface area contributed by atoms with E-state index in [0.29, 0.717) is 25.6 Å². The summed E-state index contributed by atoms with van der Waals surface area (Å²) in [6, 6.07) is 0. The minimum absolute atomic E-state index is 0.136. The molecule has 0 aliphatic carbocycles. The molecule has 1 fully saturated rings. The summed E-state index contributed by atoms with van der Waals surface area (Å²) in [6.45, 7) is 4.84. The summed E-state index contributed by atoms with van der Waals surface area (Å²) in [7, 11) is 0. The fraction of sp³-hybridized carbons (Fsp3) is 0.636. The molecule has 1 aliphatic heterocycles. The molecule has 1 aromatic heterocycles. The number of hydrogen-bond donors (Lipinski definition) is 1. The van der Waals surface area contributed by atoms with E-state index in [1.807, 2.05) is 6.20 Å². The lowest BCUT2D eigenvalue weighted by atomic mass is 10.3. The quantitative estimate of drug-likeness (QED) is 0.843. The van der Waals surface area contributed by atoms with Gasteiger partial charge in [0.2, 0.25) is 0 Å². The topological polar surface area (TPSA) is 56.3 Å². The first-order valence-electron chi connectivity index (χ1n) is 5.77. The van der Waals surface area contributed by atoms with Crippen molar-refractivity contribution in [1.29, 1.82) is 0 Å². The van der Waals surface area contributed by atoms with Crippen LogP contribution in [0.1, 0.15) is 25.3 Å². The molecule has 0 amide bonds. The molecule has 17 heavy (non-hydrogen) atoms. The fourth-order valence-corrected chi connectivity index (χ4v) is 1.99. The minimum Gasteiger partial charge on any atom is -0.376 e. The van der Waals surface area contributed by atoms with Crippen LogP contribution in [0.2, 0.25) is 0 Å². The highest BCUT2D eigenvalue weighted by molar-refractivity contribution is 14.1. The van der Waals surface area contributed by atoms with Crippen molar-refractivity contribution in [2.24, 2.45) is 0 Å². The number of hydrogen-bond acceptors (Lipinski definition) is 5. The van der Waals surface area contributed by atoms with Crippen LogP contribution in [-0.2, 0) is 9.47 Å². The molecule has 1 N–H and O–H groups in total. The molecule has 0 aromatic carbocycles. The third-order valence-corrected chi connectivity index (χ3v) is 3.20. The molecule has 94 valence electrons. The van der Waals surface area contributed by atoms with Gasteiger partial charge in [-0.05, 0) is 29.0 Å². The van der Waals surface area contributed by atoms with E-state index in [4.69, 9.17) is 9.47 Å². The Hall–Kier alpha value is -0.470. The van der Waals surface area contributed by atoms with E-state index < -0.39 is 0 Å². The van der Waals surface area contributed by atoms with E-state index in [2.05, 4.69) is 44.8 Å². The van der Waals surface area contributed by atoms with Gasteiger partial charge in [0.25, 0.3) is 0 Å². The van der Waals surface area contributed by atoms with Crippen LogP contribution < -0.4 is 5.32 Å². The van der Waals surface area contributed by atoms with Crippen molar-refractivity contribution >= 4 is 28.4 Å². The highest BCUT2D eigenvalue weighted by Crippen LogP contribution is 2.21. The summed E-state index contributed by atoms with van der Waals surface area (Å²) in [5, 5.41) is 3.29. The molecule has 0 saturated carbocycles. The summed E-state index contributed by atoms with van der Waals surface area (Å²) >= 11 is 2.23. The Bertz CT molecular complexity index is 370. The summed E-state index contributed by atoms with van der Waals surface area (Å²) < 4.78 is 12.0. The third-order valence-electron chi connectivity index (χ3n) is 2.41. The van der Waals surface area contributed by atoms with Crippen molar-refractivity contribution in [3.63, 3.8) is 0 Å². The summed E-state index contributed by atoms with van der Waals surface area (Å²) in [5.41, 5.74) is 0. The van der Waals surface area contributed by atoms with E-state index >= 15 is 0 Å². The molecule has 1 atom stereocenters. The number of anilines is 1. The zero-order chi connectivity index (χ0) is 12.1. The largest absolute Gasteiger partial charge is 0.376 e. The molecule has 6 heteroatoms. The highest BCUT2D eigenvalue weighted by atomic mass is 127. The summed E-state index contributed by atoms with van der Waals surface area (Å²) in [6.07, 6.45) is 2.75. The van der Waals surface area contributed by atoms with Crippen LogP contribution in [0.15, 0.2) is 6.20 Å². The van der Waals surface area contributed by atoms with Crippen LogP contribution in [0.3, 0.4) is 0 Å².